The molecule has 0 rings (SSSR count). The lowest BCUT2D eigenvalue weighted by molar-refractivity contribution is -0.870. The van der Waals surface area contributed by atoms with Gasteiger partial charge in [-0.25, -0.2) is 4.57 Å². The molecule has 1 N–H and O–H groups in total. The summed E-state index contributed by atoms with van der Waals surface area (Å²) in [5.41, 5.74) is 0. The van der Waals surface area contributed by atoms with Gasteiger partial charge in [0.2, 0.25) is 0 Å². The van der Waals surface area contributed by atoms with Crippen LogP contribution in [0, 0.1) is 0 Å². The number of hydrogen-bond acceptors (Lipinski definition) is 7. The Bertz CT molecular complexity index is 1630. The highest BCUT2D eigenvalue weighted by Gasteiger charge is 2.27. The third kappa shape index (κ3) is 64.4. The van der Waals surface area contributed by atoms with Gasteiger partial charge in [0.1, 0.15) is 19.8 Å². The zero-order valence-electron chi connectivity index (χ0n) is 52.8. The van der Waals surface area contributed by atoms with E-state index in [0.29, 0.717) is 17.4 Å². The van der Waals surface area contributed by atoms with Crippen LogP contribution in [-0.2, 0) is 32.7 Å². The second-order valence-electron chi connectivity index (χ2n) is 23.5. The Morgan fingerprint density at radius 3 is 1.07 bits per heavy atom. The van der Waals surface area contributed by atoms with E-state index in [2.05, 4.69) is 98.9 Å². The molecule has 0 aliphatic rings. The van der Waals surface area contributed by atoms with Gasteiger partial charge in [0.25, 0.3) is 0 Å². The Balaban J connectivity index is 3.98. The minimum absolute atomic E-state index is 0.0226. The maximum atomic E-state index is 12.8. The number of unbranched alkanes of at least 4 members (excludes halogenated alkanes) is 33. The quantitative estimate of drug-likeness (QED) is 0.0211. The second kappa shape index (κ2) is 60.8. The molecule has 0 aromatic heterocycles. The first kappa shape index (κ1) is 77.2. The van der Waals surface area contributed by atoms with Gasteiger partial charge in [-0.2, -0.15) is 0 Å². The van der Waals surface area contributed by atoms with Crippen molar-refractivity contribution in [2.45, 2.75) is 302 Å². The van der Waals surface area contributed by atoms with E-state index in [-0.39, 0.29) is 32.0 Å². The molecule has 10 heteroatoms. The van der Waals surface area contributed by atoms with E-state index in [1.807, 2.05) is 21.1 Å². The number of carbonyl (C=O) groups is 2. The summed E-state index contributed by atoms with van der Waals surface area (Å²) >= 11 is 0. The fourth-order valence-electron chi connectivity index (χ4n) is 9.31. The van der Waals surface area contributed by atoms with Crippen molar-refractivity contribution in [3.05, 3.63) is 85.1 Å². The number of allylic oxidation sites excluding steroid dienone is 14. The van der Waals surface area contributed by atoms with Crippen LogP contribution in [0.15, 0.2) is 85.1 Å². The first-order valence-electron chi connectivity index (χ1n) is 33.3. The first-order chi connectivity index (χ1) is 39.0. The predicted octanol–water partition coefficient (Wildman–Crippen LogP) is 21.4. The molecule has 0 saturated heterocycles. The summed E-state index contributed by atoms with van der Waals surface area (Å²) in [6, 6.07) is 0. The van der Waals surface area contributed by atoms with Crippen molar-refractivity contribution in [3.63, 3.8) is 0 Å². The average molecular weight is 1140 g/mol. The third-order valence-corrected chi connectivity index (χ3v) is 15.4. The van der Waals surface area contributed by atoms with Crippen molar-refractivity contribution in [2.24, 2.45) is 0 Å². The summed E-state index contributed by atoms with van der Waals surface area (Å²) in [4.78, 5) is 35.7. The van der Waals surface area contributed by atoms with E-state index in [0.717, 1.165) is 77.0 Å². The summed E-state index contributed by atoms with van der Waals surface area (Å²) in [6.45, 7) is 4.29. The minimum Gasteiger partial charge on any atom is -0.462 e. The van der Waals surface area contributed by atoms with Crippen molar-refractivity contribution in [3.8, 4) is 0 Å². The Morgan fingerprint density at radius 1 is 0.400 bits per heavy atom. The largest absolute Gasteiger partial charge is 0.472 e. The molecule has 0 spiro atoms. The van der Waals surface area contributed by atoms with E-state index in [9.17, 15) is 19.0 Å². The molecule has 0 heterocycles. The van der Waals surface area contributed by atoms with Crippen LogP contribution in [0.3, 0.4) is 0 Å². The van der Waals surface area contributed by atoms with Gasteiger partial charge in [-0.1, -0.05) is 279 Å². The van der Waals surface area contributed by atoms with Crippen LogP contribution in [0.5, 0.6) is 0 Å². The number of phosphoric acid groups is 1. The summed E-state index contributed by atoms with van der Waals surface area (Å²) in [7, 11) is 1.45. The van der Waals surface area contributed by atoms with Gasteiger partial charge in [-0.15, -0.1) is 0 Å². The van der Waals surface area contributed by atoms with Crippen molar-refractivity contribution in [1.82, 2.24) is 0 Å². The van der Waals surface area contributed by atoms with Crippen LogP contribution >= 0.6 is 7.82 Å². The predicted molar refractivity (Wildman–Crippen MR) is 344 cm³/mol. The molecule has 0 aromatic rings. The zero-order valence-corrected chi connectivity index (χ0v) is 53.7. The van der Waals surface area contributed by atoms with E-state index < -0.39 is 26.5 Å². The SMILES string of the molecule is CC/C=C\C/C=C\C/C=C\C/C=C\C/C=C\CCCCCC(=O)OC(COC(=O)CCCCCCCCCCCCCCCCCCCCCCCCCCC/C=C\C/C=C\CCCCCCC)COP(=O)(O)OCC[N+](C)(C)C. The lowest BCUT2D eigenvalue weighted by Crippen LogP contribution is -2.37. The van der Waals surface area contributed by atoms with Crippen molar-refractivity contribution < 1.29 is 42.1 Å². The molecule has 2 atom stereocenters. The molecule has 0 aliphatic heterocycles. The number of ether oxygens (including phenoxy) is 2. The number of quaternary nitrogens is 1. The highest BCUT2D eigenvalue weighted by atomic mass is 31.2. The molecule has 9 nitrogen and oxygen atoms in total. The van der Waals surface area contributed by atoms with E-state index in [1.54, 1.807) is 0 Å². The molecule has 80 heavy (non-hydrogen) atoms. The van der Waals surface area contributed by atoms with Gasteiger partial charge in [0.15, 0.2) is 6.10 Å². The Kier molecular flexibility index (Phi) is 58.6. The fraction of sp³-hybridized carbons (Fsp3) is 0.771. The van der Waals surface area contributed by atoms with Gasteiger partial charge in [-0.3, -0.25) is 18.6 Å². The van der Waals surface area contributed by atoms with Crippen molar-refractivity contribution >= 4 is 19.8 Å². The van der Waals surface area contributed by atoms with Gasteiger partial charge in [0.05, 0.1) is 27.7 Å². The van der Waals surface area contributed by atoms with Gasteiger partial charge < -0.3 is 18.9 Å². The molecule has 0 amide bonds. The Morgan fingerprint density at radius 2 is 0.713 bits per heavy atom. The standard InChI is InChI=1S/C70H126NO8P/c1-6-8-10-12-14-16-18-20-22-24-26-27-28-29-30-31-32-33-34-35-36-37-38-39-40-41-42-43-45-46-48-50-52-54-56-58-60-62-69(72)76-66-68(67-78-80(74,75)77-65-64-71(3,4)5)79-70(73)63-61-59-57-55-53-51-49-47-44-25-23-21-19-17-15-13-11-9-7-2/h9,11,15,17-18,20-21,23-24,26,44,47,51,53,68H,6-8,10,12-14,16,19,22,25,27-43,45-46,48-50,52,54-67H2,1-5H3/p+1/b11-9-,17-15-,20-18-,23-21-,26-24-,47-44-,53-51-. The zero-order chi connectivity index (χ0) is 58.4. The van der Waals surface area contributed by atoms with E-state index in [4.69, 9.17) is 18.5 Å². The van der Waals surface area contributed by atoms with Gasteiger partial charge in [0, 0.05) is 12.8 Å². The van der Waals surface area contributed by atoms with E-state index >= 15 is 0 Å². The average Bonchev–Trinajstić information content (AvgIpc) is 3.42. The summed E-state index contributed by atoms with van der Waals surface area (Å²) in [5.74, 6) is -0.829. The lowest BCUT2D eigenvalue weighted by Gasteiger charge is -2.24. The normalized spacial score (nSPS) is 13.7. The van der Waals surface area contributed by atoms with Crippen LogP contribution in [0.2, 0.25) is 0 Å². The highest BCUT2D eigenvalue weighted by Crippen LogP contribution is 2.43. The maximum absolute atomic E-state index is 12.8. The number of esters is 2. The second-order valence-corrected chi connectivity index (χ2v) is 24.9. The minimum atomic E-state index is -4.40. The van der Waals surface area contributed by atoms with Crippen molar-refractivity contribution in [1.29, 1.82) is 0 Å². The monoisotopic (exact) mass is 1140 g/mol. The van der Waals surface area contributed by atoms with Crippen LogP contribution in [0.4, 0.5) is 0 Å². The number of phosphoric ester groups is 1. The van der Waals surface area contributed by atoms with Crippen LogP contribution in [0.1, 0.15) is 296 Å². The van der Waals surface area contributed by atoms with Gasteiger partial charge in [-0.05, 0) is 89.9 Å². The van der Waals surface area contributed by atoms with Crippen LogP contribution in [-0.4, -0.2) is 74.9 Å². The van der Waals surface area contributed by atoms with Crippen molar-refractivity contribution in [2.75, 3.05) is 47.5 Å². The molecule has 0 radical (unpaired) electrons. The maximum Gasteiger partial charge on any atom is 0.472 e. The molecule has 0 bridgehead atoms. The molecule has 464 valence electrons. The topological polar surface area (TPSA) is 108 Å². The molecular formula is C70H127NO8P+. The number of likely N-dealkylation sites (N-methyl/N-ethyl adjacent to an activating group) is 1. The fourth-order valence-corrected chi connectivity index (χ4v) is 10.1. The summed E-state index contributed by atoms with van der Waals surface area (Å²) < 4.78 is 34.6. The van der Waals surface area contributed by atoms with Crippen LogP contribution in [0.25, 0.3) is 0 Å². The summed E-state index contributed by atoms with van der Waals surface area (Å²) in [6.07, 6.45) is 82.7. The number of rotatable bonds is 61. The number of carbonyl (C=O) groups excluding carboxylic acids is 2. The highest BCUT2D eigenvalue weighted by molar-refractivity contribution is 7.47. The smallest absolute Gasteiger partial charge is 0.462 e. The molecular weight excluding hydrogens is 1010 g/mol. The Labute approximate surface area is 494 Å². The van der Waals surface area contributed by atoms with Gasteiger partial charge >= 0.3 is 19.8 Å². The molecule has 0 saturated carbocycles. The molecule has 0 aliphatic carbocycles. The molecule has 2 unspecified atom stereocenters. The third-order valence-electron chi connectivity index (χ3n) is 14.4. The first-order valence-corrected chi connectivity index (χ1v) is 34.8. The summed E-state index contributed by atoms with van der Waals surface area (Å²) in [5, 5.41) is 0. The Hall–Kier alpha value is -2.81. The van der Waals surface area contributed by atoms with E-state index in [1.165, 1.54) is 186 Å². The molecule has 0 aromatic carbocycles. The number of hydrogen-bond donors (Lipinski definition) is 1. The lowest BCUT2D eigenvalue weighted by atomic mass is 10.0. The molecule has 0 fully saturated rings. The number of nitrogens with zero attached hydrogens (tertiary/aromatic N) is 1. The van der Waals surface area contributed by atoms with Crippen LogP contribution < -0.4 is 0 Å².